The third-order valence-electron chi connectivity index (χ3n) is 10.2. The number of amides is 3. The van der Waals surface area contributed by atoms with Crippen LogP contribution in [-0.4, -0.2) is 90.9 Å². The number of alkyl halides is 3. The molecule has 5 aliphatic rings. The maximum Gasteiger partial charge on any atom is 0.471 e. The number of pyridine rings is 1. The summed E-state index contributed by atoms with van der Waals surface area (Å²) in [7, 11) is 0. The van der Waals surface area contributed by atoms with Crippen LogP contribution in [-0.2, 0) is 14.4 Å². The molecule has 5 heterocycles. The number of rotatable bonds is 5. The van der Waals surface area contributed by atoms with E-state index in [1.807, 2.05) is 24.8 Å². The molecule has 16 heteroatoms. The molecule has 50 heavy (non-hydrogen) atoms. The van der Waals surface area contributed by atoms with Gasteiger partial charge < -0.3 is 19.6 Å². The van der Waals surface area contributed by atoms with Crippen LogP contribution in [0.1, 0.15) is 69.7 Å². The van der Waals surface area contributed by atoms with Gasteiger partial charge in [-0.05, 0) is 79.6 Å². The van der Waals surface area contributed by atoms with E-state index in [4.69, 9.17) is 28.2 Å². The number of benzene rings is 1. The Morgan fingerprint density at radius 3 is 2.40 bits per heavy atom. The molecular weight excluding hydrogens is 719 g/mol. The minimum Gasteiger partial charge on any atom is -0.334 e. The number of hydrogen-bond donors (Lipinski definition) is 0. The van der Waals surface area contributed by atoms with Gasteiger partial charge in [-0.1, -0.05) is 49.2 Å². The lowest BCUT2D eigenvalue weighted by Gasteiger charge is -2.47. The first kappa shape index (κ1) is 35.1. The first-order valence-corrected chi connectivity index (χ1v) is 18.0. The molecule has 2 saturated heterocycles. The summed E-state index contributed by atoms with van der Waals surface area (Å²) in [6.07, 6.45) is -1.63. The number of nitrogens with zero attached hydrogens (tertiary/aromatic N) is 6. The average Bonchev–Trinajstić information content (AvgIpc) is 3.37. The summed E-state index contributed by atoms with van der Waals surface area (Å²) in [5.41, 5.74) is 0.995. The second-order valence-corrected chi connectivity index (χ2v) is 15.6. The lowest BCUT2D eigenvalue weighted by atomic mass is 9.93. The van der Waals surface area contributed by atoms with Crippen molar-refractivity contribution in [2.24, 2.45) is 10.9 Å². The summed E-state index contributed by atoms with van der Waals surface area (Å²) in [6, 6.07) is 5.54. The Bertz CT molecular complexity index is 1820. The smallest absolute Gasteiger partial charge is 0.334 e. The first-order chi connectivity index (χ1) is 23.6. The van der Waals surface area contributed by atoms with E-state index < -0.39 is 47.6 Å². The molecule has 2 aromatic rings. The zero-order chi connectivity index (χ0) is 35.9. The summed E-state index contributed by atoms with van der Waals surface area (Å²) in [5.74, 6) is -3.31. The van der Waals surface area contributed by atoms with E-state index in [2.05, 4.69) is 4.98 Å². The highest BCUT2D eigenvalue weighted by molar-refractivity contribution is 8.18. The van der Waals surface area contributed by atoms with Crippen LogP contribution in [0.25, 0.3) is 0 Å². The molecule has 1 spiro atoms. The summed E-state index contributed by atoms with van der Waals surface area (Å²) in [4.78, 5) is 56.6. The molecule has 3 fully saturated rings. The quantitative estimate of drug-likeness (QED) is 0.249. The number of piperazine rings is 1. The van der Waals surface area contributed by atoms with Crippen LogP contribution in [0.5, 0.6) is 0 Å². The molecule has 0 N–H and O–H groups in total. The average molecular weight is 754 g/mol. The van der Waals surface area contributed by atoms with Gasteiger partial charge in [0.05, 0.1) is 16.6 Å². The van der Waals surface area contributed by atoms with Crippen molar-refractivity contribution >= 4 is 57.9 Å². The van der Waals surface area contributed by atoms with Gasteiger partial charge in [-0.2, -0.15) is 13.2 Å². The van der Waals surface area contributed by atoms with Crippen molar-refractivity contribution in [2.75, 3.05) is 19.6 Å². The van der Waals surface area contributed by atoms with E-state index in [0.29, 0.717) is 58.7 Å². The van der Waals surface area contributed by atoms with Crippen LogP contribution in [0.3, 0.4) is 0 Å². The second kappa shape index (κ2) is 12.7. The Kier molecular flexibility index (Phi) is 8.90. The fraction of sp³-hybridized carbons (Fsp3) is 0.500. The predicted molar refractivity (Wildman–Crippen MR) is 181 cm³/mol. The van der Waals surface area contributed by atoms with E-state index in [1.54, 1.807) is 35.1 Å². The largest absolute Gasteiger partial charge is 0.471 e. The standard InChI is InChI=1S/C34H34Cl2F4N6O3S/c1-17(2)26-28(50-32-42-25(20-7-9-24(36)41-14-20)27(46(26)32)19-6-8-21(35)22(37)13-19)30(48)43-12-4-5-23(43)29(47)44-16-33(10-11-33)45(15-18(44)3)31(49)34(38,39)40/h6-9,13-14,17-18,23,25,27H,4-5,10-12,15-16H2,1-3H3/t18-,23-,25?,27+/m0/s1. The van der Waals surface area contributed by atoms with Crippen molar-refractivity contribution in [3.05, 3.63) is 74.3 Å². The summed E-state index contributed by atoms with van der Waals surface area (Å²) in [6.45, 7) is 5.63. The van der Waals surface area contributed by atoms with Gasteiger partial charge in [0.25, 0.3) is 5.91 Å². The van der Waals surface area contributed by atoms with Crippen LogP contribution >= 0.6 is 35.0 Å². The Morgan fingerprint density at radius 2 is 1.78 bits per heavy atom. The SMILES string of the molecule is CC(C)C1=C(C(=O)N2CCC[C@H]2C(=O)N2CC3(CC3)N(C(=O)C(F)(F)F)C[C@@H]2C)SC2=NC(c3ccc(Cl)nc3)[C@@H](c3ccc(Cl)c(F)c3)N21. The molecule has 4 aliphatic heterocycles. The monoisotopic (exact) mass is 752 g/mol. The van der Waals surface area contributed by atoms with Crippen molar-refractivity contribution in [1.29, 1.82) is 0 Å². The zero-order valence-corrected chi connectivity index (χ0v) is 29.7. The molecule has 9 nitrogen and oxygen atoms in total. The highest BCUT2D eigenvalue weighted by Gasteiger charge is 2.60. The number of fused-ring (bicyclic) bond motifs is 1. The fourth-order valence-corrected chi connectivity index (χ4v) is 9.19. The highest BCUT2D eigenvalue weighted by atomic mass is 35.5. The van der Waals surface area contributed by atoms with Crippen LogP contribution in [0.2, 0.25) is 10.2 Å². The molecule has 4 atom stereocenters. The summed E-state index contributed by atoms with van der Waals surface area (Å²) >= 11 is 13.3. The van der Waals surface area contributed by atoms with Crippen molar-refractivity contribution in [1.82, 2.24) is 24.6 Å². The minimum atomic E-state index is -5.00. The van der Waals surface area contributed by atoms with Gasteiger partial charge >= 0.3 is 12.1 Å². The molecule has 0 radical (unpaired) electrons. The Morgan fingerprint density at radius 1 is 1.06 bits per heavy atom. The number of aromatic nitrogens is 1. The van der Waals surface area contributed by atoms with Crippen LogP contribution in [0.15, 0.2) is 52.1 Å². The summed E-state index contributed by atoms with van der Waals surface area (Å²) < 4.78 is 55.1. The summed E-state index contributed by atoms with van der Waals surface area (Å²) in [5, 5.41) is 0.838. The Labute approximate surface area is 300 Å². The van der Waals surface area contributed by atoms with E-state index in [9.17, 15) is 31.9 Å². The predicted octanol–water partition coefficient (Wildman–Crippen LogP) is 6.74. The van der Waals surface area contributed by atoms with Gasteiger partial charge in [-0.15, -0.1) is 0 Å². The maximum atomic E-state index is 14.9. The third-order valence-corrected chi connectivity index (χ3v) is 11.9. The van der Waals surface area contributed by atoms with Gasteiger partial charge in [0.2, 0.25) is 5.91 Å². The van der Waals surface area contributed by atoms with E-state index >= 15 is 0 Å². The lowest BCUT2D eigenvalue weighted by Crippen LogP contribution is -2.65. The number of halogens is 6. The molecular formula is C34H34Cl2F4N6O3S. The maximum absolute atomic E-state index is 14.9. The van der Waals surface area contributed by atoms with Gasteiger partial charge in [0.15, 0.2) is 5.17 Å². The van der Waals surface area contributed by atoms with Crippen molar-refractivity contribution < 1.29 is 31.9 Å². The molecule has 0 bridgehead atoms. The molecule has 1 unspecified atom stereocenters. The van der Waals surface area contributed by atoms with Crippen LogP contribution < -0.4 is 0 Å². The number of hydrogen-bond acceptors (Lipinski definition) is 7. The lowest BCUT2D eigenvalue weighted by molar-refractivity contribution is -0.193. The normalized spacial score (nSPS) is 25.9. The number of likely N-dealkylation sites (tertiary alicyclic amines) is 1. The van der Waals surface area contributed by atoms with E-state index in [0.717, 1.165) is 10.5 Å². The highest BCUT2D eigenvalue weighted by Crippen LogP contribution is 2.54. The van der Waals surface area contributed by atoms with Gasteiger partial charge in [-0.25, -0.2) is 9.37 Å². The Hall–Kier alpha value is -3.36. The number of amidine groups is 1. The first-order valence-electron chi connectivity index (χ1n) is 16.5. The third kappa shape index (κ3) is 5.94. The van der Waals surface area contributed by atoms with Crippen LogP contribution in [0.4, 0.5) is 17.6 Å². The molecule has 1 aromatic heterocycles. The second-order valence-electron chi connectivity index (χ2n) is 13.8. The molecule has 1 aromatic carbocycles. The van der Waals surface area contributed by atoms with Crippen molar-refractivity contribution in [2.45, 2.75) is 82.3 Å². The van der Waals surface area contributed by atoms with Gasteiger partial charge in [0.1, 0.15) is 28.0 Å². The number of aliphatic imine (C=N–C) groups is 1. The molecule has 1 saturated carbocycles. The fourth-order valence-electron chi connectivity index (χ4n) is 7.66. The van der Waals surface area contributed by atoms with Crippen LogP contribution in [0, 0.1) is 11.7 Å². The topological polar surface area (TPSA) is 89.4 Å². The van der Waals surface area contributed by atoms with Gasteiger partial charge in [-0.3, -0.25) is 19.4 Å². The molecule has 1 aliphatic carbocycles. The molecule has 266 valence electrons. The van der Waals surface area contributed by atoms with E-state index in [-0.39, 0.29) is 35.8 Å². The molecule has 7 rings (SSSR count). The Balaban J connectivity index is 1.18. The van der Waals surface area contributed by atoms with Crippen molar-refractivity contribution in [3.8, 4) is 0 Å². The number of thioether (sulfide) groups is 1. The van der Waals surface area contributed by atoms with Crippen molar-refractivity contribution in [3.63, 3.8) is 0 Å². The van der Waals surface area contributed by atoms with E-state index in [1.165, 1.54) is 23.9 Å². The van der Waals surface area contributed by atoms with Gasteiger partial charge in [0, 0.05) is 37.6 Å². The molecule has 3 amide bonds. The minimum absolute atomic E-state index is 0.00704. The zero-order valence-electron chi connectivity index (χ0n) is 27.4. The number of carbonyl (C=O) groups excluding carboxylic acids is 3. The number of carbonyl (C=O) groups is 3. The number of allylic oxidation sites excluding steroid dienone is 1.